The van der Waals surface area contributed by atoms with Crippen LogP contribution in [0.5, 0.6) is 0 Å². The van der Waals surface area contributed by atoms with Gasteiger partial charge >= 0.3 is 0 Å². The van der Waals surface area contributed by atoms with Crippen LogP contribution in [0.1, 0.15) is 22.6 Å². The topological polar surface area (TPSA) is 222 Å². The van der Waals surface area contributed by atoms with E-state index in [1.807, 2.05) is 12.1 Å². The van der Waals surface area contributed by atoms with Gasteiger partial charge in [0.1, 0.15) is 45.2 Å². The zero-order valence-electron chi connectivity index (χ0n) is 32.8. The van der Waals surface area contributed by atoms with Gasteiger partial charge < -0.3 is 36.0 Å². The van der Waals surface area contributed by atoms with E-state index in [0.29, 0.717) is 54.9 Å². The van der Waals surface area contributed by atoms with Gasteiger partial charge in [-0.15, -0.1) is 0 Å². The number of piperazine rings is 2. The molecule has 2 saturated heterocycles. The van der Waals surface area contributed by atoms with E-state index >= 15 is 0 Å². The Hall–Kier alpha value is -4.71. The van der Waals surface area contributed by atoms with Crippen molar-refractivity contribution in [2.24, 2.45) is 5.73 Å². The van der Waals surface area contributed by atoms with Gasteiger partial charge in [-0.1, -0.05) is 59.4 Å². The third-order valence-corrected chi connectivity index (χ3v) is 11.9. The summed E-state index contributed by atoms with van der Waals surface area (Å²) in [5, 5.41) is 26.4. The van der Waals surface area contributed by atoms with E-state index in [1.54, 1.807) is 12.4 Å². The molecule has 2 aliphatic rings. The summed E-state index contributed by atoms with van der Waals surface area (Å²) in [5.74, 6) is 4.68. The Morgan fingerprint density at radius 3 is 1.61 bits per heavy atom. The molecular formula is C37H46ClN15O2S4. The van der Waals surface area contributed by atoms with Crippen molar-refractivity contribution in [3.8, 4) is 12.1 Å². The Labute approximate surface area is 365 Å². The van der Waals surface area contributed by atoms with E-state index in [0.717, 1.165) is 88.0 Å². The van der Waals surface area contributed by atoms with Crippen molar-refractivity contribution in [1.29, 1.82) is 10.5 Å². The number of thioether (sulfide) groups is 2. The van der Waals surface area contributed by atoms with E-state index in [1.165, 1.54) is 52.3 Å². The third-order valence-electron chi connectivity index (χ3n) is 8.28. The summed E-state index contributed by atoms with van der Waals surface area (Å²) in [6.07, 6.45) is 6.73. The molecule has 2 fully saturated rings. The molecule has 0 atom stereocenters. The number of allylic oxidation sites excluding steroid dienone is 2. The van der Waals surface area contributed by atoms with E-state index in [4.69, 9.17) is 32.8 Å². The molecule has 0 amide bonds. The van der Waals surface area contributed by atoms with Crippen LogP contribution in [0.15, 0.2) is 60.1 Å². The largest absolute Gasteiger partial charge is 0.354 e. The van der Waals surface area contributed by atoms with Gasteiger partial charge in [-0.25, -0.2) is 29.9 Å². The van der Waals surface area contributed by atoms with Gasteiger partial charge in [0.05, 0.1) is 12.4 Å². The lowest BCUT2D eigenvalue weighted by Gasteiger charge is -2.33. The maximum absolute atomic E-state index is 11.4. The molecule has 6 heterocycles. The Morgan fingerprint density at radius 1 is 0.797 bits per heavy atom. The summed E-state index contributed by atoms with van der Waals surface area (Å²) in [5.41, 5.74) is 5.61. The number of aromatic nitrogens is 6. The highest BCUT2D eigenvalue weighted by molar-refractivity contribution is 7.99. The highest BCUT2D eigenvalue weighted by atomic mass is 35.5. The molecule has 6 rings (SSSR count). The average molecular weight is 897 g/mol. The van der Waals surface area contributed by atoms with Gasteiger partial charge in [-0.05, 0) is 44.3 Å². The number of carbonyl (C=O) groups is 2. The molecular weight excluding hydrogens is 850 g/mol. The molecule has 17 nitrogen and oxygen atoms in total. The average Bonchev–Trinajstić information content (AvgIpc) is 3.91. The molecule has 22 heteroatoms. The van der Waals surface area contributed by atoms with Crippen molar-refractivity contribution >= 4 is 102 Å². The maximum atomic E-state index is 11.4. The maximum Gasteiger partial charge on any atom is 0.244 e. The standard InChI is InChI=1S/C19H23N7OS2.C15H20N8S2.C3H3ClO/c1-3-14(27)5-4-10-28-19-23-16(22-18-21-13-15(12-20)29-18)11-17(24-19)26-8-6-25(2)7-9-26;1-22-3-5-23(6-4-22)13-8-12(20-15(21-13)24-7-2-16)19-14-18-10-11(9-17)25-14;1-2-3(4)5/h3,11,13H,1,4-10H2,2H3,(H,21,22,23,24);8,10H,2-7,16H2,1H3,(H,18,19,20,21);2H,1H2. The Balaban J connectivity index is 0.000000236. The third kappa shape index (κ3) is 16.5. The number of thiazole rings is 2. The summed E-state index contributed by atoms with van der Waals surface area (Å²) in [6.45, 7) is 14.8. The SMILES string of the molecule is C=CC(=O)CCCSc1nc(Nc2ncc(C#N)s2)cc(N2CCN(C)CC2)n1.C=CC(=O)Cl.CN1CCN(c2cc(Nc3ncc(C#N)s3)nc(SCCN)n2)CC1. The second kappa shape index (κ2) is 25.0. The number of nitrogens with two attached hydrogens (primary N) is 1. The van der Waals surface area contributed by atoms with Crippen LogP contribution >= 0.6 is 57.8 Å². The van der Waals surface area contributed by atoms with Crippen molar-refractivity contribution in [3.05, 3.63) is 59.6 Å². The minimum atomic E-state index is -0.509. The predicted molar refractivity (Wildman–Crippen MR) is 240 cm³/mol. The lowest BCUT2D eigenvalue weighted by atomic mass is 10.2. The van der Waals surface area contributed by atoms with Crippen LogP contribution < -0.4 is 26.2 Å². The molecule has 4 N–H and O–H groups in total. The first-order valence-corrected chi connectivity index (χ1v) is 22.3. The molecule has 2 aliphatic heterocycles. The minimum absolute atomic E-state index is 0.0529. The summed E-state index contributed by atoms with van der Waals surface area (Å²) in [6, 6.07) is 8.04. The monoisotopic (exact) mass is 895 g/mol. The van der Waals surface area contributed by atoms with Crippen molar-refractivity contribution in [2.45, 2.75) is 23.2 Å². The molecule has 0 unspecified atom stereocenters. The number of nitrogens with one attached hydrogen (secondary N) is 2. The van der Waals surface area contributed by atoms with Crippen LogP contribution in [0.4, 0.5) is 33.5 Å². The number of rotatable bonds is 16. The van der Waals surface area contributed by atoms with Gasteiger partial charge in [-0.2, -0.15) is 10.5 Å². The number of likely N-dealkylation sites (N-methyl/N-ethyl adjacent to an activating group) is 2. The smallest absolute Gasteiger partial charge is 0.244 e. The zero-order valence-corrected chi connectivity index (χ0v) is 36.9. The molecule has 0 radical (unpaired) electrons. The normalized spacial score (nSPS) is 14.1. The lowest BCUT2D eigenvalue weighted by Crippen LogP contribution is -2.44. The summed E-state index contributed by atoms with van der Waals surface area (Å²) >= 11 is 10.4. The van der Waals surface area contributed by atoms with E-state index in [9.17, 15) is 9.59 Å². The summed E-state index contributed by atoms with van der Waals surface area (Å²) in [4.78, 5) is 58.0. The van der Waals surface area contributed by atoms with E-state index in [2.05, 4.69) is 94.5 Å². The van der Waals surface area contributed by atoms with Crippen molar-refractivity contribution in [1.82, 2.24) is 39.7 Å². The van der Waals surface area contributed by atoms with E-state index < -0.39 is 5.24 Å². The number of ketones is 1. The van der Waals surface area contributed by atoms with Crippen LogP contribution in [0, 0.1) is 22.7 Å². The second-order valence-electron chi connectivity index (χ2n) is 12.7. The molecule has 0 aromatic carbocycles. The number of nitriles is 2. The Morgan fingerprint density at radius 2 is 1.24 bits per heavy atom. The predicted octanol–water partition coefficient (Wildman–Crippen LogP) is 5.22. The summed E-state index contributed by atoms with van der Waals surface area (Å²) in [7, 11) is 4.24. The zero-order chi connectivity index (χ0) is 42.6. The lowest BCUT2D eigenvalue weighted by molar-refractivity contribution is -0.114. The summed E-state index contributed by atoms with van der Waals surface area (Å²) < 4.78 is 0. The highest BCUT2D eigenvalue weighted by Crippen LogP contribution is 2.28. The number of hydrogen-bond acceptors (Lipinski definition) is 21. The number of halogens is 1. The van der Waals surface area contributed by atoms with Crippen LogP contribution in [-0.4, -0.2) is 135 Å². The van der Waals surface area contributed by atoms with Gasteiger partial charge in [0.2, 0.25) is 5.24 Å². The second-order valence-corrected chi connectivity index (χ2v) is 17.2. The minimum Gasteiger partial charge on any atom is -0.354 e. The van der Waals surface area contributed by atoms with Crippen molar-refractivity contribution in [2.75, 3.05) is 105 Å². The molecule has 0 saturated carbocycles. The first-order chi connectivity index (χ1) is 28.5. The van der Waals surface area contributed by atoms with Gasteiger partial charge in [-0.3, -0.25) is 9.59 Å². The molecule has 59 heavy (non-hydrogen) atoms. The van der Waals surface area contributed by atoms with Crippen LogP contribution in [0.2, 0.25) is 0 Å². The Kier molecular flexibility index (Phi) is 19.9. The molecule has 0 bridgehead atoms. The number of nitrogens with zero attached hydrogens (tertiary/aromatic N) is 12. The Bertz CT molecular complexity index is 2090. The van der Waals surface area contributed by atoms with Gasteiger partial charge in [0, 0.05) is 89.0 Å². The number of carbonyl (C=O) groups excluding carboxylic acids is 2. The quantitative estimate of drug-likeness (QED) is 0.0431. The number of hydrogen-bond donors (Lipinski definition) is 3. The van der Waals surface area contributed by atoms with Crippen molar-refractivity contribution in [3.63, 3.8) is 0 Å². The van der Waals surface area contributed by atoms with Crippen molar-refractivity contribution < 1.29 is 9.59 Å². The fourth-order valence-electron chi connectivity index (χ4n) is 5.13. The fourth-order valence-corrected chi connectivity index (χ4v) is 7.78. The first-order valence-electron chi connectivity index (χ1n) is 18.4. The van der Waals surface area contributed by atoms with Gasteiger partial charge in [0.25, 0.3) is 0 Å². The first kappa shape index (κ1) is 47.0. The molecule has 312 valence electrons. The van der Waals surface area contributed by atoms with Crippen LogP contribution in [0.25, 0.3) is 0 Å². The van der Waals surface area contributed by atoms with Crippen LogP contribution in [-0.2, 0) is 9.59 Å². The van der Waals surface area contributed by atoms with E-state index in [-0.39, 0.29) is 5.78 Å². The fraction of sp³-hybridized carbons (Fsp3) is 0.405. The highest BCUT2D eigenvalue weighted by Gasteiger charge is 2.19. The number of anilines is 6. The van der Waals surface area contributed by atoms with Gasteiger partial charge in [0.15, 0.2) is 26.4 Å². The van der Waals surface area contributed by atoms with Crippen LogP contribution in [0.3, 0.4) is 0 Å². The molecule has 0 aliphatic carbocycles. The molecule has 4 aromatic heterocycles. The molecule has 0 spiro atoms. The molecule has 4 aromatic rings.